The summed E-state index contributed by atoms with van der Waals surface area (Å²) in [5.41, 5.74) is -0.263. The van der Waals surface area contributed by atoms with E-state index in [2.05, 4.69) is 15.2 Å². The van der Waals surface area contributed by atoms with Gasteiger partial charge < -0.3 is 5.11 Å². The summed E-state index contributed by atoms with van der Waals surface area (Å²) in [4.78, 5) is 4.06. The number of halogens is 4. The van der Waals surface area contributed by atoms with Gasteiger partial charge >= 0.3 is 6.18 Å². The topological polar surface area (TPSA) is 58.9 Å². The Bertz CT molecular complexity index is 868. The second-order valence-corrected chi connectivity index (χ2v) is 4.83. The first-order valence-corrected chi connectivity index (χ1v) is 6.43. The maximum Gasteiger partial charge on any atom is 0.416 e. The lowest BCUT2D eigenvalue weighted by Gasteiger charge is -2.11. The van der Waals surface area contributed by atoms with Crippen LogP contribution in [0.5, 0.6) is 5.75 Å². The lowest BCUT2D eigenvalue weighted by molar-refractivity contribution is -0.137. The van der Waals surface area contributed by atoms with Crippen LogP contribution in [0.4, 0.5) is 13.2 Å². The molecule has 1 aromatic carbocycles. The van der Waals surface area contributed by atoms with E-state index < -0.39 is 17.5 Å². The molecule has 1 N–H and O–H groups in total. The molecule has 0 aliphatic heterocycles. The molecule has 0 aliphatic carbocycles. The van der Waals surface area contributed by atoms with E-state index in [0.717, 1.165) is 12.1 Å². The van der Waals surface area contributed by atoms with Crippen LogP contribution < -0.4 is 0 Å². The van der Waals surface area contributed by atoms with Gasteiger partial charge in [0.15, 0.2) is 5.15 Å². The summed E-state index contributed by atoms with van der Waals surface area (Å²) < 4.78 is 37.9. The molecule has 0 atom stereocenters. The normalized spacial score (nSPS) is 11.8. The van der Waals surface area contributed by atoms with Crippen molar-refractivity contribution >= 4 is 22.5 Å². The number of phenols is 1. The van der Waals surface area contributed by atoms with Gasteiger partial charge in [0.2, 0.25) is 0 Å². The van der Waals surface area contributed by atoms with E-state index in [1.54, 1.807) is 12.1 Å². The molecule has 8 heteroatoms. The third-order valence-corrected chi connectivity index (χ3v) is 3.33. The first kappa shape index (κ1) is 14.5. The third kappa shape index (κ3) is 2.43. The quantitative estimate of drug-likeness (QED) is 0.732. The van der Waals surface area contributed by atoms with Crippen molar-refractivity contribution in [3.8, 4) is 17.0 Å². The monoisotopic (exact) mass is 325 g/mol. The molecule has 3 aromatic rings. The van der Waals surface area contributed by atoms with Crippen molar-refractivity contribution in [2.45, 2.75) is 6.18 Å². The van der Waals surface area contributed by atoms with Crippen LogP contribution in [0.3, 0.4) is 0 Å². The van der Waals surface area contributed by atoms with Gasteiger partial charge in [-0.2, -0.15) is 13.2 Å². The molecule has 0 spiro atoms. The summed E-state index contributed by atoms with van der Waals surface area (Å²) in [7, 11) is 0. The molecule has 2 heterocycles. The number of phenolic OH excluding ortho intramolecular Hbond substituents is 1. The Morgan fingerprint density at radius 3 is 2.55 bits per heavy atom. The summed E-state index contributed by atoms with van der Waals surface area (Å²) in [5, 5.41) is 18.1. The molecular weight excluding hydrogens is 319 g/mol. The predicted molar refractivity (Wildman–Crippen MR) is 74.4 cm³/mol. The molecule has 0 aliphatic rings. The minimum absolute atomic E-state index is 0.0748. The van der Waals surface area contributed by atoms with Crippen molar-refractivity contribution in [1.82, 2.24) is 15.2 Å². The SMILES string of the molecule is Oc1cc(C(F)(F)F)ccc1-c1nnc(Cl)c2ncccc12. The van der Waals surface area contributed by atoms with Crippen LogP contribution in [0.2, 0.25) is 5.15 Å². The molecule has 0 unspecified atom stereocenters. The van der Waals surface area contributed by atoms with Gasteiger partial charge in [-0.25, -0.2) is 0 Å². The number of aromatic hydroxyl groups is 1. The highest BCUT2D eigenvalue weighted by atomic mass is 35.5. The van der Waals surface area contributed by atoms with Crippen LogP contribution in [0, 0.1) is 0 Å². The highest BCUT2D eigenvalue weighted by molar-refractivity contribution is 6.34. The van der Waals surface area contributed by atoms with Gasteiger partial charge in [-0.3, -0.25) is 4.98 Å². The molecule has 0 bridgehead atoms. The summed E-state index contributed by atoms with van der Waals surface area (Å²) in [6.45, 7) is 0. The second-order valence-electron chi connectivity index (χ2n) is 4.47. The maximum atomic E-state index is 12.6. The van der Waals surface area contributed by atoms with Crippen LogP contribution in [0.15, 0.2) is 36.5 Å². The van der Waals surface area contributed by atoms with E-state index in [1.165, 1.54) is 6.20 Å². The van der Waals surface area contributed by atoms with Gasteiger partial charge in [0.05, 0.1) is 5.56 Å². The van der Waals surface area contributed by atoms with Crippen LogP contribution in [0.1, 0.15) is 5.56 Å². The average molecular weight is 326 g/mol. The van der Waals surface area contributed by atoms with Crippen LogP contribution in [-0.4, -0.2) is 20.3 Å². The van der Waals surface area contributed by atoms with Crippen molar-refractivity contribution in [1.29, 1.82) is 0 Å². The fraction of sp³-hybridized carbons (Fsp3) is 0.0714. The molecule has 2 aromatic heterocycles. The van der Waals surface area contributed by atoms with Crippen molar-refractivity contribution in [3.63, 3.8) is 0 Å². The third-order valence-electron chi connectivity index (χ3n) is 3.08. The van der Waals surface area contributed by atoms with E-state index in [1.807, 2.05) is 0 Å². The van der Waals surface area contributed by atoms with E-state index in [0.29, 0.717) is 17.0 Å². The molecule has 4 nitrogen and oxygen atoms in total. The van der Waals surface area contributed by atoms with Crippen molar-refractivity contribution < 1.29 is 18.3 Å². The van der Waals surface area contributed by atoms with Crippen LogP contribution in [0.25, 0.3) is 22.2 Å². The molecule has 0 saturated carbocycles. The molecule has 0 saturated heterocycles. The standard InChI is InChI=1S/C14H7ClF3N3O/c15-13-12-9(2-1-5-19-12)11(20-21-13)8-4-3-7(6-10(8)22)14(16,17)18/h1-6,22H. The lowest BCUT2D eigenvalue weighted by Crippen LogP contribution is -2.04. The number of rotatable bonds is 1. The first-order chi connectivity index (χ1) is 10.4. The molecule has 112 valence electrons. The number of benzene rings is 1. The number of aromatic nitrogens is 3. The zero-order valence-electron chi connectivity index (χ0n) is 10.8. The summed E-state index contributed by atoms with van der Waals surface area (Å²) in [6, 6.07) is 5.93. The fourth-order valence-electron chi connectivity index (χ4n) is 2.06. The number of fused-ring (bicyclic) bond motifs is 1. The van der Waals surface area contributed by atoms with E-state index in [9.17, 15) is 18.3 Å². The largest absolute Gasteiger partial charge is 0.507 e. The average Bonchev–Trinajstić information content (AvgIpc) is 2.47. The summed E-state index contributed by atoms with van der Waals surface area (Å²) in [6.07, 6.45) is -3.03. The van der Waals surface area contributed by atoms with Crippen molar-refractivity contribution in [3.05, 3.63) is 47.2 Å². The second kappa shape index (κ2) is 5.10. The number of alkyl halides is 3. The van der Waals surface area contributed by atoms with Gasteiger partial charge in [0, 0.05) is 17.1 Å². The smallest absolute Gasteiger partial charge is 0.416 e. The van der Waals surface area contributed by atoms with E-state index in [-0.39, 0.29) is 16.4 Å². The maximum absolute atomic E-state index is 12.6. The van der Waals surface area contributed by atoms with Crippen LogP contribution in [-0.2, 0) is 6.18 Å². The molecule has 0 amide bonds. The highest BCUT2D eigenvalue weighted by Crippen LogP contribution is 2.38. The Kier molecular flexibility index (Phi) is 3.37. The van der Waals surface area contributed by atoms with Gasteiger partial charge in [-0.15, -0.1) is 10.2 Å². The molecule has 22 heavy (non-hydrogen) atoms. The van der Waals surface area contributed by atoms with Gasteiger partial charge in [-0.1, -0.05) is 11.6 Å². The van der Waals surface area contributed by atoms with Crippen molar-refractivity contribution in [2.75, 3.05) is 0 Å². The van der Waals surface area contributed by atoms with Crippen molar-refractivity contribution in [2.24, 2.45) is 0 Å². The Hall–Kier alpha value is -2.41. The Morgan fingerprint density at radius 1 is 1.09 bits per heavy atom. The van der Waals surface area contributed by atoms with Gasteiger partial charge in [0.25, 0.3) is 0 Å². The molecule has 3 rings (SSSR count). The lowest BCUT2D eigenvalue weighted by atomic mass is 10.0. The zero-order chi connectivity index (χ0) is 15.9. The zero-order valence-corrected chi connectivity index (χ0v) is 11.5. The Balaban J connectivity index is 2.23. The highest BCUT2D eigenvalue weighted by Gasteiger charge is 2.31. The first-order valence-electron chi connectivity index (χ1n) is 6.05. The van der Waals surface area contributed by atoms with Crippen LogP contribution >= 0.6 is 11.6 Å². The number of nitrogens with zero attached hydrogens (tertiary/aromatic N) is 3. The fourth-order valence-corrected chi connectivity index (χ4v) is 2.25. The van der Waals surface area contributed by atoms with Gasteiger partial charge in [-0.05, 0) is 30.3 Å². The predicted octanol–water partition coefficient (Wildman–Crippen LogP) is 4.07. The number of hydrogen-bond donors (Lipinski definition) is 1. The Labute approximate surface area is 127 Å². The minimum atomic E-state index is -4.54. The van der Waals surface area contributed by atoms with Gasteiger partial charge in [0.1, 0.15) is 17.0 Å². The molecule has 0 radical (unpaired) electrons. The summed E-state index contributed by atoms with van der Waals surface area (Å²) in [5.74, 6) is -0.545. The molecular formula is C14H7ClF3N3O. The number of pyridine rings is 1. The minimum Gasteiger partial charge on any atom is -0.507 e. The number of hydrogen-bond acceptors (Lipinski definition) is 4. The Morgan fingerprint density at radius 2 is 1.86 bits per heavy atom. The van der Waals surface area contributed by atoms with E-state index >= 15 is 0 Å². The molecule has 0 fully saturated rings. The van der Waals surface area contributed by atoms with E-state index in [4.69, 9.17) is 11.6 Å². The summed E-state index contributed by atoms with van der Waals surface area (Å²) >= 11 is 5.89.